The van der Waals surface area contributed by atoms with Crippen molar-refractivity contribution in [3.8, 4) is 0 Å². The molecule has 0 fully saturated rings. The van der Waals surface area contributed by atoms with E-state index in [0.717, 1.165) is 0 Å². The van der Waals surface area contributed by atoms with Crippen molar-refractivity contribution in [2.24, 2.45) is 5.14 Å². The first-order valence-corrected chi connectivity index (χ1v) is 5.36. The molecule has 0 aromatic heterocycles. The Bertz CT molecular complexity index is 331. The molecule has 0 aliphatic rings. The van der Waals surface area contributed by atoms with Crippen LogP contribution in [0.15, 0.2) is 30.3 Å². The molecular formula is C10H13NO3S. The second-order valence-corrected chi connectivity index (χ2v) is 3.65. The van der Waals surface area contributed by atoms with Crippen LogP contribution in [0.4, 0.5) is 0 Å². The molecule has 0 amide bonds. The number of rotatable bonds is 5. The topological polar surface area (TPSA) is 72.5 Å². The van der Waals surface area contributed by atoms with Crippen LogP contribution in [0.3, 0.4) is 0 Å². The van der Waals surface area contributed by atoms with E-state index in [9.17, 15) is 9.90 Å². The van der Waals surface area contributed by atoms with Gasteiger partial charge in [-0.25, -0.2) is 4.79 Å². The lowest BCUT2D eigenvalue weighted by atomic mass is 10.1. The van der Waals surface area contributed by atoms with Gasteiger partial charge in [0.15, 0.2) is 0 Å². The van der Waals surface area contributed by atoms with Gasteiger partial charge in [-0.1, -0.05) is 30.3 Å². The maximum Gasteiger partial charge on any atom is 0.352 e. The fourth-order valence-electron chi connectivity index (χ4n) is 1.28. The number of hydrogen-bond acceptors (Lipinski definition) is 4. The Morgan fingerprint density at radius 2 is 2.13 bits per heavy atom. The molecule has 1 aromatic rings. The first-order valence-electron chi connectivity index (χ1n) is 4.48. The standard InChI is InChI=1S/C10H13NO3S/c1-2-14-10(15-11,9(12)13)8-6-4-3-5-7-8/h3-7H,2,11H2,1H3,(H,12,13). The van der Waals surface area contributed by atoms with Crippen LogP contribution in [0.2, 0.25) is 0 Å². The van der Waals surface area contributed by atoms with Gasteiger partial charge in [0.25, 0.3) is 4.93 Å². The molecule has 3 N–H and O–H groups in total. The zero-order valence-corrected chi connectivity index (χ0v) is 9.16. The van der Waals surface area contributed by atoms with Gasteiger partial charge in [0.05, 0.1) is 0 Å². The van der Waals surface area contributed by atoms with Crippen molar-refractivity contribution in [3.63, 3.8) is 0 Å². The van der Waals surface area contributed by atoms with Crippen molar-refractivity contribution < 1.29 is 14.6 Å². The Kier molecular flexibility index (Phi) is 4.14. The second kappa shape index (κ2) is 5.16. The number of benzene rings is 1. The summed E-state index contributed by atoms with van der Waals surface area (Å²) in [6, 6.07) is 8.68. The van der Waals surface area contributed by atoms with Crippen LogP contribution in [0.25, 0.3) is 0 Å². The number of nitrogens with two attached hydrogens (primary N) is 1. The summed E-state index contributed by atoms with van der Waals surface area (Å²) in [6.07, 6.45) is 0. The van der Waals surface area contributed by atoms with E-state index >= 15 is 0 Å². The summed E-state index contributed by atoms with van der Waals surface area (Å²) < 4.78 is 5.26. The minimum absolute atomic E-state index is 0.283. The molecule has 0 aliphatic heterocycles. The van der Waals surface area contributed by atoms with Gasteiger partial charge in [0.1, 0.15) is 0 Å². The first-order chi connectivity index (χ1) is 7.17. The smallest absolute Gasteiger partial charge is 0.352 e. The lowest BCUT2D eigenvalue weighted by Crippen LogP contribution is -2.37. The van der Waals surface area contributed by atoms with Gasteiger partial charge in [-0.2, -0.15) is 0 Å². The van der Waals surface area contributed by atoms with Crippen molar-refractivity contribution in [1.29, 1.82) is 0 Å². The predicted octanol–water partition coefficient (Wildman–Crippen LogP) is 1.57. The Hall–Kier alpha value is -1.04. The molecule has 0 spiro atoms. The molecule has 15 heavy (non-hydrogen) atoms. The van der Waals surface area contributed by atoms with E-state index in [4.69, 9.17) is 9.88 Å². The third kappa shape index (κ3) is 2.31. The van der Waals surface area contributed by atoms with Gasteiger partial charge in [-0.05, 0) is 18.9 Å². The highest BCUT2D eigenvalue weighted by molar-refractivity contribution is 7.98. The number of hydrogen-bond donors (Lipinski definition) is 2. The van der Waals surface area contributed by atoms with E-state index in [0.29, 0.717) is 17.5 Å². The largest absolute Gasteiger partial charge is 0.478 e. The fraction of sp³-hybridized carbons (Fsp3) is 0.300. The van der Waals surface area contributed by atoms with Crippen molar-refractivity contribution in [2.45, 2.75) is 11.9 Å². The minimum atomic E-state index is -1.50. The van der Waals surface area contributed by atoms with E-state index in [1.165, 1.54) is 0 Å². The molecule has 0 heterocycles. The highest BCUT2D eigenvalue weighted by Crippen LogP contribution is 2.34. The van der Waals surface area contributed by atoms with Crippen molar-refractivity contribution >= 4 is 17.9 Å². The van der Waals surface area contributed by atoms with Crippen LogP contribution >= 0.6 is 11.9 Å². The van der Waals surface area contributed by atoms with E-state index in [2.05, 4.69) is 0 Å². The maximum absolute atomic E-state index is 11.2. The minimum Gasteiger partial charge on any atom is -0.478 e. The lowest BCUT2D eigenvalue weighted by molar-refractivity contribution is -0.154. The zero-order chi connectivity index (χ0) is 11.3. The monoisotopic (exact) mass is 227 g/mol. The number of carboxylic acids is 1. The Balaban J connectivity index is 3.15. The van der Waals surface area contributed by atoms with E-state index < -0.39 is 10.9 Å². The van der Waals surface area contributed by atoms with Crippen LogP contribution < -0.4 is 5.14 Å². The zero-order valence-electron chi connectivity index (χ0n) is 8.34. The molecule has 1 unspecified atom stereocenters. The molecule has 1 aromatic carbocycles. The molecule has 82 valence electrons. The summed E-state index contributed by atoms with van der Waals surface area (Å²) in [7, 11) is 0. The average Bonchev–Trinajstić information content (AvgIpc) is 2.26. The quantitative estimate of drug-likeness (QED) is 0.590. The predicted molar refractivity (Wildman–Crippen MR) is 59.2 cm³/mol. The highest BCUT2D eigenvalue weighted by Gasteiger charge is 2.41. The highest BCUT2D eigenvalue weighted by atomic mass is 32.2. The van der Waals surface area contributed by atoms with Gasteiger partial charge < -0.3 is 9.84 Å². The van der Waals surface area contributed by atoms with Crippen molar-refractivity contribution in [1.82, 2.24) is 0 Å². The van der Waals surface area contributed by atoms with Gasteiger partial charge in [-0.15, -0.1) is 0 Å². The molecule has 4 nitrogen and oxygen atoms in total. The lowest BCUT2D eigenvalue weighted by Gasteiger charge is -2.26. The van der Waals surface area contributed by atoms with E-state index in [1.54, 1.807) is 31.2 Å². The Morgan fingerprint density at radius 3 is 2.53 bits per heavy atom. The summed E-state index contributed by atoms with van der Waals surface area (Å²) in [5, 5.41) is 14.6. The van der Waals surface area contributed by atoms with Gasteiger partial charge in [0, 0.05) is 12.2 Å². The number of ether oxygens (including phenoxy) is 1. The van der Waals surface area contributed by atoms with Crippen LogP contribution in [-0.2, 0) is 14.5 Å². The van der Waals surface area contributed by atoms with Gasteiger partial charge >= 0.3 is 5.97 Å². The molecule has 0 saturated heterocycles. The molecule has 0 radical (unpaired) electrons. The number of carbonyl (C=O) groups is 1. The van der Waals surface area contributed by atoms with E-state index in [1.807, 2.05) is 6.07 Å². The first kappa shape index (κ1) is 12.0. The average molecular weight is 227 g/mol. The molecule has 0 aliphatic carbocycles. The third-order valence-electron chi connectivity index (χ3n) is 1.95. The molecular weight excluding hydrogens is 214 g/mol. The second-order valence-electron chi connectivity index (χ2n) is 2.84. The van der Waals surface area contributed by atoms with Crippen molar-refractivity contribution in [3.05, 3.63) is 35.9 Å². The van der Waals surface area contributed by atoms with Crippen molar-refractivity contribution in [2.75, 3.05) is 6.61 Å². The molecule has 1 atom stereocenters. The maximum atomic E-state index is 11.2. The summed E-state index contributed by atoms with van der Waals surface area (Å²) in [5.41, 5.74) is 0.534. The summed E-state index contributed by atoms with van der Waals surface area (Å²) in [5.74, 6) is -1.09. The molecule has 0 bridgehead atoms. The molecule has 0 saturated carbocycles. The van der Waals surface area contributed by atoms with E-state index in [-0.39, 0.29) is 6.61 Å². The number of aliphatic carboxylic acids is 1. The van der Waals surface area contributed by atoms with Crippen LogP contribution in [0.5, 0.6) is 0 Å². The Labute approximate surface area is 92.6 Å². The van der Waals surface area contributed by atoms with Crippen LogP contribution in [0.1, 0.15) is 12.5 Å². The van der Waals surface area contributed by atoms with Gasteiger partial charge in [-0.3, -0.25) is 5.14 Å². The SMILES string of the molecule is CCOC(SN)(C(=O)O)c1ccccc1. The third-order valence-corrected chi connectivity index (χ3v) is 2.81. The molecule has 5 heteroatoms. The van der Waals surface area contributed by atoms with Crippen LogP contribution in [-0.4, -0.2) is 17.7 Å². The normalized spacial score (nSPS) is 14.5. The van der Waals surface area contributed by atoms with Gasteiger partial charge in [0.2, 0.25) is 0 Å². The number of carboxylic acid groups (broad SMARTS) is 1. The molecule has 1 rings (SSSR count). The summed E-state index contributed by atoms with van der Waals surface area (Å²) >= 11 is 0.681. The Morgan fingerprint density at radius 1 is 1.53 bits per heavy atom. The summed E-state index contributed by atoms with van der Waals surface area (Å²) in [6.45, 7) is 2.02. The summed E-state index contributed by atoms with van der Waals surface area (Å²) in [4.78, 5) is 9.71. The fourth-order valence-corrected chi connectivity index (χ4v) is 1.84. The van der Waals surface area contributed by atoms with Crippen LogP contribution in [0, 0.1) is 0 Å².